The molecule has 1 rings (SSSR count). The highest BCUT2D eigenvalue weighted by Crippen LogP contribution is 2.36. The topological polar surface area (TPSA) is 37.3 Å². The number of carboxylic acids is 1. The maximum Gasteiger partial charge on any atom is 0.306 e. The van der Waals surface area contributed by atoms with E-state index in [-0.39, 0.29) is 5.92 Å². The Balaban J connectivity index is 2.47. The minimum atomic E-state index is -0.556. The van der Waals surface area contributed by atoms with Gasteiger partial charge in [0.05, 0.1) is 5.92 Å². The third-order valence-corrected chi connectivity index (χ3v) is 4.41. The van der Waals surface area contributed by atoms with E-state index in [2.05, 4.69) is 13.8 Å². The first-order chi connectivity index (χ1) is 8.19. The van der Waals surface area contributed by atoms with Gasteiger partial charge in [0, 0.05) is 0 Å². The molecule has 0 aliphatic heterocycles. The normalized spacial score (nSPS) is 26.7. The van der Waals surface area contributed by atoms with Crippen LogP contribution in [0.4, 0.5) is 0 Å². The van der Waals surface area contributed by atoms with E-state index in [1.807, 2.05) is 0 Å². The lowest BCUT2D eigenvalue weighted by molar-refractivity contribution is -0.145. The average Bonchev–Trinajstić information content (AvgIpc) is 2.34. The first-order valence-corrected chi connectivity index (χ1v) is 7.41. The molecule has 0 aromatic heterocycles. The van der Waals surface area contributed by atoms with Crippen LogP contribution in [0.3, 0.4) is 0 Å². The molecule has 2 nitrogen and oxygen atoms in total. The molecule has 3 atom stereocenters. The summed E-state index contributed by atoms with van der Waals surface area (Å²) in [7, 11) is 0. The molecule has 2 heteroatoms. The number of carboxylic acid groups (broad SMARTS) is 1. The van der Waals surface area contributed by atoms with Gasteiger partial charge < -0.3 is 5.11 Å². The summed E-state index contributed by atoms with van der Waals surface area (Å²) in [6.45, 7) is 4.48. The van der Waals surface area contributed by atoms with E-state index in [4.69, 9.17) is 0 Å². The van der Waals surface area contributed by atoms with E-state index in [1.54, 1.807) is 0 Å². The highest BCUT2D eigenvalue weighted by molar-refractivity contribution is 5.70. The second-order valence-corrected chi connectivity index (χ2v) is 5.64. The van der Waals surface area contributed by atoms with Crippen LogP contribution < -0.4 is 0 Å². The Morgan fingerprint density at radius 3 is 2.59 bits per heavy atom. The van der Waals surface area contributed by atoms with E-state index >= 15 is 0 Å². The van der Waals surface area contributed by atoms with Gasteiger partial charge in [-0.25, -0.2) is 0 Å². The summed E-state index contributed by atoms with van der Waals surface area (Å²) in [6.07, 6.45) is 10.6. The number of hydrogen-bond acceptors (Lipinski definition) is 1. The van der Waals surface area contributed by atoms with E-state index in [1.165, 1.54) is 32.1 Å². The number of unbranched alkanes of at least 4 members (excludes halogenated alkanes) is 1. The molecule has 0 aromatic carbocycles. The predicted molar refractivity (Wildman–Crippen MR) is 71.0 cm³/mol. The molecule has 1 saturated carbocycles. The van der Waals surface area contributed by atoms with Crippen LogP contribution in [0.25, 0.3) is 0 Å². The Kier molecular flexibility index (Phi) is 6.61. The molecule has 0 heterocycles. The zero-order valence-corrected chi connectivity index (χ0v) is 11.5. The van der Waals surface area contributed by atoms with Gasteiger partial charge in [-0.05, 0) is 31.1 Å². The monoisotopic (exact) mass is 240 g/mol. The lowest BCUT2D eigenvalue weighted by Gasteiger charge is -2.31. The molecule has 1 fully saturated rings. The van der Waals surface area contributed by atoms with E-state index in [0.717, 1.165) is 31.6 Å². The summed E-state index contributed by atoms with van der Waals surface area (Å²) < 4.78 is 0. The van der Waals surface area contributed by atoms with Crippen LogP contribution in [-0.2, 0) is 4.79 Å². The van der Waals surface area contributed by atoms with Crippen LogP contribution in [0.15, 0.2) is 0 Å². The van der Waals surface area contributed by atoms with Gasteiger partial charge in [-0.2, -0.15) is 0 Å². The molecule has 17 heavy (non-hydrogen) atoms. The van der Waals surface area contributed by atoms with Crippen molar-refractivity contribution < 1.29 is 9.90 Å². The molecule has 1 aliphatic carbocycles. The number of carbonyl (C=O) groups is 1. The van der Waals surface area contributed by atoms with Gasteiger partial charge in [0.25, 0.3) is 0 Å². The van der Waals surface area contributed by atoms with Gasteiger partial charge in [0.15, 0.2) is 0 Å². The van der Waals surface area contributed by atoms with Crippen molar-refractivity contribution in [1.29, 1.82) is 0 Å². The zero-order valence-electron chi connectivity index (χ0n) is 11.5. The number of aliphatic carboxylic acids is 1. The van der Waals surface area contributed by atoms with E-state index < -0.39 is 5.97 Å². The SMILES string of the molecule is CCCCC(CC)CC1CCCCC1C(=O)O. The highest BCUT2D eigenvalue weighted by Gasteiger charge is 2.31. The average molecular weight is 240 g/mol. The highest BCUT2D eigenvalue weighted by atomic mass is 16.4. The van der Waals surface area contributed by atoms with Gasteiger partial charge in [0.2, 0.25) is 0 Å². The first kappa shape index (κ1) is 14.5. The largest absolute Gasteiger partial charge is 0.481 e. The Hall–Kier alpha value is -0.530. The molecule has 0 saturated heterocycles. The fourth-order valence-electron chi connectivity index (χ4n) is 3.22. The lowest BCUT2D eigenvalue weighted by Crippen LogP contribution is -2.28. The molecule has 0 radical (unpaired) electrons. The fourth-order valence-corrected chi connectivity index (χ4v) is 3.22. The van der Waals surface area contributed by atoms with Crippen molar-refractivity contribution in [2.24, 2.45) is 17.8 Å². The molecule has 3 unspecified atom stereocenters. The standard InChI is InChI=1S/C15H28O2/c1-3-5-8-12(4-2)11-13-9-6-7-10-14(13)15(16)17/h12-14H,3-11H2,1-2H3,(H,16,17). The van der Waals surface area contributed by atoms with Crippen LogP contribution in [0.1, 0.15) is 71.6 Å². The molecule has 1 N–H and O–H groups in total. The predicted octanol–water partition coefficient (Wildman–Crippen LogP) is 4.48. The molecule has 0 amide bonds. The third kappa shape index (κ3) is 4.69. The van der Waals surface area contributed by atoms with Crippen molar-refractivity contribution in [2.75, 3.05) is 0 Å². The molecule has 0 spiro atoms. The van der Waals surface area contributed by atoms with Gasteiger partial charge in [-0.1, -0.05) is 52.4 Å². The second kappa shape index (κ2) is 7.73. The quantitative estimate of drug-likeness (QED) is 0.712. The second-order valence-electron chi connectivity index (χ2n) is 5.64. The summed E-state index contributed by atoms with van der Waals surface area (Å²) in [4.78, 5) is 11.2. The number of rotatable bonds is 7. The summed E-state index contributed by atoms with van der Waals surface area (Å²) in [6, 6.07) is 0. The van der Waals surface area contributed by atoms with E-state index in [0.29, 0.717) is 5.92 Å². The van der Waals surface area contributed by atoms with Crippen LogP contribution >= 0.6 is 0 Å². The number of hydrogen-bond donors (Lipinski definition) is 1. The third-order valence-electron chi connectivity index (χ3n) is 4.41. The van der Waals surface area contributed by atoms with Crippen LogP contribution in [0, 0.1) is 17.8 Å². The van der Waals surface area contributed by atoms with Gasteiger partial charge in [-0.3, -0.25) is 4.79 Å². The van der Waals surface area contributed by atoms with Crippen LogP contribution in [-0.4, -0.2) is 11.1 Å². The maximum absolute atomic E-state index is 11.2. The first-order valence-electron chi connectivity index (χ1n) is 7.41. The summed E-state index contributed by atoms with van der Waals surface area (Å²) >= 11 is 0. The Labute approximate surface area is 106 Å². The molecule has 1 aliphatic rings. The van der Waals surface area contributed by atoms with Gasteiger partial charge in [0.1, 0.15) is 0 Å². The van der Waals surface area contributed by atoms with Crippen molar-refractivity contribution in [3.63, 3.8) is 0 Å². The molecule has 0 aromatic rings. The molecular weight excluding hydrogens is 212 g/mol. The minimum absolute atomic E-state index is 0.0561. The van der Waals surface area contributed by atoms with Gasteiger partial charge in [-0.15, -0.1) is 0 Å². The van der Waals surface area contributed by atoms with E-state index in [9.17, 15) is 9.90 Å². The maximum atomic E-state index is 11.2. The summed E-state index contributed by atoms with van der Waals surface area (Å²) in [5.41, 5.74) is 0. The summed E-state index contributed by atoms with van der Waals surface area (Å²) in [5, 5.41) is 9.27. The Morgan fingerprint density at radius 1 is 1.29 bits per heavy atom. The molecule has 100 valence electrons. The van der Waals surface area contributed by atoms with Crippen molar-refractivity contribution >= 4 is 5.97 Å². The van der Waals surface area contributed by atoms with Crippen molar-refractivity contribution in [3.8, 4) is 0 Å². The van der Waals surface area contributed by atoms with Crippen molar-refractivity contribution in [2.45, 2.75) is 71.6 Å². The van der Waals surface area contributed by atoms with Crippen LogP contribution in [0.2, 0.25) is 0 Å². The van der Waals surface area contributed by atoms with Gasteiger partial charge >= 0.3 is 5.97 Å². The zero-order chi connectivity index (χ0) is 12.7. The summed E-state index contributed by atoms with van der Waals surface area (Å²) in [5.74, 6) is 0.586. The van der Waals surface area contributed by atoms with Crippen LogP contribution in [0.5, 0.6) is 0 Å². The lowest BCUT2D eigenvalue weighted by atomic mass is 9.74. The molecule has 0 bridgehead atoms. The smallest absolute Gasteiger partial charge is 0.306 e. The molecular formula is C15H28O2. The van der Waals surface area contributed by atoms with Crippen molar-refractivity contribution in [1.82, 2.24) is 0 Å². The Bertz CT molecular complexity index is 225. The van der Waals surface area contributed by atoms with Crippen molar-refractivity contribution in [3.05, 3.63) is 0 Å². The Morgan fingerprint density at radius 2 is 2.00 bits per heavy atom. The minimum Gasteiger partial charge on any atom is -0.481 e. The fraction of sp³-hybridized carbons (Fsp3) is 0.933.